The second-order valence-corrected chi connectivity index (χ2v) is 6.85. The fourth-order valence-electron chi connectivity index (χ4n) is 3.21. The molecule has 1 aromatic carbocycles. The van der Waals surface area contributed by atoms with Crippen LogP contribution in [0.25, 0.3) is 0 Å². The third kappa shape index (κ3) is 5.48. The summed E-state index contributed by atoms with van der Waals surface area (Å²) in [6.07, 6.45) is 4.03. The maximum absolute atomic E-state index is 12.8. The summed E-state index contributed by atoms with van der Waals surface area (Å²) in [6, 6.07) is 5.97. The van der Waals surface area contributed by atoms with Crippen LogP contribution in [-0.2, 0) is 4.79 Å². The second kappa shape index (κ2) is 9.44. The van der Waals surface area contributed by atoms with E-state index in [0.717, 1.165) is 50.1 Å². The van der Waals surface area contributed by atoms with Gasteiger partial charge in [-0.05, 0) is 44.7 Å². The molecule has 1 fully saturated rings. The number of likely N-dealkylation sites (tertiary alicyclic amines) is 1. The Morgan fingerprint density at radius 2 is 2.04 bits per heavy atom. The minimum atomic E-state index is -0.0521. The van der Waals surface area contributed by atoms with E-state index in [4.69, 9.17) is 0 Å². The van der Waals surface area contributed by atoms with Gasteiger partial charge in [0, 0.05) is 37.8 Å². The van der Waals surface area contributed by atoms with Crippen LogP contribution in [0.15, 0.2) is 18.2 Å². The molecule has 5 heteroatoms. The number of nitrogens with zero attached hydrogens (tertiary/aromatic N) is 1. The molecule has 1 aromatic rings. The fraction of sp³-hybridized carbons (Fsp3) is 0.600. The Balaban J connectivity index is 2.04. The molecule has 0 spiro atoms. The monoisotopic (exact) mass is 345 g/mol. The number of amides is 2. The lowest BCUT2D eigenvalue weighted by Gasteiger charge is -2.20. The smallest absolute Gasteiger partial charge is 0.253 e. The second-order valence-electron chi connectivity index (χ2n) is 6.85. The van der Waals surface area contributed by atoms with E-state index in [9.17, 15) is 9.59 Å². The molecule has 0 radical (unpaired) electrons. The summed E-state index contributed by atoms with van der Waals surface area (Å²) >= 11 is 0. The van der Waals surface area contributed by atoms with Crippen molar-refractivity contribution in [1.82, 2.24) is 10.2 Å². The Labute approximate surface area is 151 Å². The minimum absolute atomic E-state index is 0.0521. The standard InChI is InChI=1S/C20H31N3O2/c1-4-11-21-18-8-6-15(3)14-17(18)20(25)22-16-7-9-19(24)23(12-5-2)13-10-16/h6,8,14,16,21H,4-5,7,9-13H2,1-3H3,(H,22,25). The van der Waals surface area contributed by atoms with Gasteiger partial charge in [0.05, 0.1) is 5.56 Å². The Bertz CT molecular complexity index is 601. The van der Waals surface area contributed by atoms with Crippen LogP contribution in [-0.4, -0.2) is 42.4 Å². The van der Waals surface area contributed by atoms with E-state index >= 15 is 0 Å². The molecule has 5 nitrogen and oxygen atoms in total. The van der Waals surface area contributed by atoms with Gasteiger partial charge in [0.1, 0.15) is 0 Å². The Kier molecular flexibility index (Phi) is 7.29. The number of hydrogen-bond acceptors (Lipinski definition) is 3. The van der Waals surface area contributed by atoms with Gasteiger partial charge in [-0.3, -0.25) is 9.59 Å². The fourth-order valence-corrected chi connectivity index (χ4v) is 3.21. The largest absolute Gasteiger partial charge is 0.384 e. The third-order valence-corrected chi connectivity index (χ3v) is 4.62. The zero-order chi connectivity index (χ0) is 18.2. The van der Waals surface area contributed by atoms with Crippen LogP contribution in [0, 0.1) is 6.92 Å². The predicted molar refractivity (Wildman–Crippen MR) is 102 cm³/mol. The number of benzene rings is 1. The van der Waals surface area contributed by atoms with Crippen LogP contribution in [0.3, 0.4) is 0 Å². The summed E-state index contributed by atoms with van der Waals surface area (Å²) in [7, 11) is 0. The number of nitrogens with one attached hydrogen (secondary N) is 2. The average molecular weight is 345 g/mol. The lowest BCUT2D eigenvalue weighted by molar-refractivity contribution is -0.130. The molecule has 1 unspecified atom stereocenters. The molecule has 0 bridgehead atoms. The van der Waals surface area contributed by atoms with Crippen molar-refractivity contribution in [2.75, 3.05) is 25.0 Å². The van der Waals surface area contributed by atoms with Gasteiger partial charge in [-0.15, -0.1) is 0 Å². The summed E-state index contributed by atoms with van der Waals surface area (Å²) in [5, 5.41) is 6.47. The minimum Gasteiger partial charge on any atom is -0.384 e. The number of aryl methyl sites for hydroxylation is 1. The third-order valence-electron chi connectivity index (χ3n) is 4.62. The highest BCUT2D eigenvalue weighted by molar-refractivity contribution is 6.00. The Morgan fingerprint density at radius 3 is 2.76 bits per heavy atom. The number of hydrogen-bond donors (Lipinski definition) is 2. The van der Waals surface area contributed by atoms with Crippen LogP contribution in [0.4, 0.5) is 5.69 Å². The first kappa shape index (κ1) is 19.3. The summed E-state index contributed by atoms with van der Waals surface area (Å²) in [5.74, 6) is 0.156. The van der Waals surface area contributed by atoms with Gasteiger partial charge >= 0.3 is 0 Å². The molecule has 1 aliphatic rings. The molecule has 0 aromatic heterocycles. The number of anilines is 1. The maximum Gasteiger partial charge on any atom is 0.253 e. The van der Waals surface area contributed by atoms with Crippen LogP contribution in [0.5, 0.6) is 0 Å². The molecule has 25 heavy (non-hydrogen) atoms. The molecule has 2 rings (SSSR count). The molecule has 1 heterocycles. The van der Waals surface area contributed by atoms with Crippen LogP contribution in [0.1, 0.15) is 61.9 Å². The lowest BCUT2D eigenvalue weighted by atomic mass is 10.1. The molecular weight excluding hydrogens is 314 g/mol. The van der Waals surface area contributed by atoms with E-state index in [0.29, 0.717) is 18.4 Å². The van der Waals surface area contributed by atoms with E-state index in [-0.39, 0.29) is 17.9 Å². The van der Waals surface area contributed by atoms with Crippen molar-refractivity contribution < 1.29 is 9.59 Å². The van der Waals surface area contributed by atoms with Crippen LogP contribution in [0.2, 0.25) is 0 Å². The quantitative estimate of drug-likeness (QED) is 0.797. The number of rotatable bonds is 7. The van der Waals surface area contributed by atoms with Crippen molar-refractivity contribution in [3.63, 3.8) is 0 Å². The Hall–Kier alpha value is -2.04. The first-order valence-corrected chi connectivity index (χ1v) is 9.48. The molecule has 0 aliphatic carbocycles. The van der Waals surface area contributed by atoms with Gasteiger partial charge in [-0.1, -0.05) is 25.5 Å². The molecular formula is C20H31N3O2. The van der Waals surface area contributed by atoms with Crippen LogP contribution < -0.4 is 10.6 Å². The summed E-state index contributed by atoms with van der Waals surface area (Å²) in [6.45, 7) is 8.56. The summed E-state index contributed by atoms with van der Waals surface area (Å²) < 4.78 is 0. The molecule has 1 saturated heterocycles. The maximum atomic E-state index is 12.8. The van der Waals surface area contributed by atoms with Crippen LogP contribution >= 0.6 is 0 Å². The normalized spacial score (nSPS) is 18.0. The predicted octanol–water partition coefficient (Wildman–Crippen LogP) is 3.34. The Morgan fingerprint density at radius 1 is 1.24 bits per heavy atom. The van der Waals surface area contributed by atoms with Gasteiger partial charge in [0.2, 0.25) is 5.91 Å². The molecule has 138 valence electrons. The zero-order valence-corrected chi connectivity index (χ0v) is 15.7. The van der Waals surface area contributed by atoms with E-state index in [1.807, 2.05) is 30.0 Å². The number of carbonyl (C=O) groups excluding carboxylic acids is 2. The molecule has 0 saturated carbocycles. The van der Waals surface area contributed by atoms with Gasteiger partial charge in [0.25, 0.3) is 5.91 Å². The van der Waals surface area contributed by atoms with Crippen molar-refractivity contribution in [3.8, 4) is 0 Å². The van der Waals surface area contributed by atoms with Gasteiger partial charge < -0.3 is 15.5 Å². The van der Waals surface area contributed by atoms with Crippen molar-refractivity contribution in [2.45, 2.75) is 58.9 Å². The highest BCUT2D eigenvalue weighted by Gasteiger charge is 2.24. The molecule has 2 N–H and O–H groups in total. The first-order valence-electron chi connectivity index (χ1n) is 9.48. The van der Waals surface area contributed by atoms with E-state index in [1.165, 1.54) is 0 Å². The summed E-state index contributed by atoms with van der Waals surface area (Å²) in [5.41, 5.74) is 2.63. The van der Waals surface area contributed by atoms with Gasteiger partial charge in [-0.25, -0.2) is 0 Å². The van der Waals surface area contributed by atoms with Gasteiger partial charge in [-0.2, -0.15) is 0 Å². The topological polar surface area (TPSA) is 61.4 Å². The first-order chi connectivity index (χ1) is 12.0. The average Bonchev–Trinajstić information content (AvgIpc) is 2.77. The van der Waals surface area contributed by atoms with Crippen molar-refractivity contribution in [1.29, 1.82) is 0 Å². The van der Waals surface area contributed by atoms with E-state index in [2.05, 4.69) is 24.5 Å². The molecule has 2 amide bonds. The number of carbonyl (C=O) groups is 2. The lowest BCUT2D eigenvalue weighted by Crippen LogP contribution is -2.36. The molecule has 1 atom stereocenters. The van der Waals surface area contributed by atoms with E-state index in [1.54, 1.807) is 0 Å². The molecule has 1 aliphatic heterocycles. The van der Waals surface area contributed by atoms with Crippen molar-refractivity contribution in [2.24, 2.45) is 0 Å². The highest BCUT2D eigenvalue weighted by atomic mass is 16.2. The SMILES string of the molecule is CCCNc1ccc(C)cc1C(=O)NC1CCC(=O)N(CCC)CC1. The highest BCUT2D eigenvalue weighted by Crippen LogP contribution is 2.19. The van der Waals surface area contributed by atoms with Crippen molar-refractivity contribution >= 4 is 17.5 Å². The summed E-state index contributed by atoms with van der Waals surface area (Å²) in [4.78, 5) is 26.8. The van der Waals surface area contributed by atoms with Crippen molar-refractivity contribution in [3.05, 3.63) is 29.3 Å². The van der Waals surface area contributed by atoms with E-state index < -0.39 is 0 Å². The van der Waals surface area contributed by atoms with Gasteiger partial charge in [0.15, 0.2) is 0 Å². The zero-order valence-electron chi connectivity index (χ0n) is 15.7.